The molecule has 2 heterocycles. The quantitative estimate of drug-likeness (QED) is 0.807. The van der Waals surface area contributed by atoms with E-state index < -0.39 is 0 Å². The van der Waals surface area contributed by atoms with Gasteiger partial charge in [-0.2, -0.15) is 11.8 Å². The van der Waals surface area contributed by atoms with Gasteiger partial charge in [-0.05, 0) is 68.4 Å². The van der Waals surface area contributed by atoms with Gasteiger partial charge in [0.2, 0.25) is 0 Å². The van der Waals surface area contributed by atoms with Crippen molar-refractivity contribution < 1.29 is 9.21 Å². The Morgan fingerprint density at radius 1 is 1.19 bits per heavy atom. The summed E-state index contributed by atoms with van der Waals surface area (Å²) in [5.41, 5.74) is 0.0702. The third kappa shape index (κ3) is 3.75. The highest BCUT2D eigenvalue weighted by atomic mass is 32.2. The Bertz CT molecular complexity index is 621. The molecule has 4 saturated carbocycles. The minimum Gasteiger partial charge on any atom is -0.468 e. The minimum atomic E-state index is 0.0138. The van der Waals surface area contributed by atoms with Gasteiger partial charge in [0.15, 0.2) is 0 Å². The van der Waals surface area contributed by atoms with Crippen LogP contribution < -0.4 is 10.6 Å². The summed E-state index contributed by atoms with van der Waals surface area (Å²) < 4.78 is 5.70. The molecule has 5 aliphatic rings. The zero-order chi connectivity index (χ0) is 18.3. The molecule has 0 unspecified atom stereocenters. The van der Waals surface area contributed by atoms with Crippen molar-refractivity contribution in [1.29, 1.82) is 0 Å². The number of urea groups is 1. The SMILES string of the molecule is O=C(NC[C@H](c1ccco1)N1CCSCC1)NC12CC3CC(CC(C3)C1)C2. The highest BCUT2D eigenvalue weighted by molar-refractivity contribution is 7.99. The van der Waals surface area contributed by atoms with E-state index in [1.54, 1.807) is 6.26 Å². The van der Waals surface area contributed by atoms with Gasteiger partial charge >= 0.3 is 6.03 Å². The smallest absolute Gasteiger partial charge is 0.315 e. The standard InChI is InChI=1S/C21H31N3O2S/c25-20(23-21-11-15-8-16(12-21)10-17(9-15)13-21)22-14-18(19-2-1-5-26-19)24-3-6-27-7-4-24/h1-2,5,15-18H,3-4,6-14H2,(H2,22,23,25)/t15?,16?,17?,18-,21?/m1/s1. The van der Waals surface area contributed by atoms with Gasteiger partial charge in [-0.25, -0.2) is 4.79 Å². The molecule has 148 valence electrons. The largest absolute Gasteiger partial charge is 0.468 e. The Balaban J connectivity index is 1.21. The van der Waals surface area contributed by atoms with Gasteiger partial charge in [0.25, 0.3) is 0 Å². The molecule has 1 aromatic heterocycles. The molecule has 5 fully saturated rings. The van der Waals surface area contributed by atoms with Crippen molar-refractivity contribution in [2.24, 2.45) is 17.8 Å². The van der Waals surface area contributed by atoms with Gasteiger partial charge in [-0.3, -0.25) is 4.90 Å². The molecule has 1 atom stereocenters. The van der Waals surface area contributed by atoms with Crippen molar-refractivity contribution in [3.05, 3.63) is 24.2 Å². The molecule has 1 saturated heterocycles. The lowest BCUT2D eigenvalue weighted by Gasteiger charge is -2.56. The van der Waals surface area contributed by atoms with Crippen LogP contribution in [0.4, 0.5) is 4.79 Å². The predicted molar refractivity (Wildman–Crippen MR) is 108 cm³/mol. The van der Waals surface area contributed by atoms with Crippen molar-refractivity contribution in [1.82, 2.24) is 15.5 Å². The van der Waals surface area contributed by atoms with Crippen molar-refractivity contribution >= 4 is 17.8 Å². The second-order valence-electron chi connectivity index (χ2n) is 9.21. The molecular weight excluding hydrogens is 358 g/mol. The summed E-state index contributed by atoms with van der Waals surface area (Å²) >= 11 is 2.00. The lowest BCUT2D eigenvalue weighted by molar-refractivity contribution is -0.0136. The van der Waals surface area contributed by atoms with Crippen LogP contribution in [0.2, 0.25) is 0 Å². The fraction of sp³-hybridized carbons (Fsp3) is 0.762. The van der Waals surface area contributed by atoms with Crippen molar-refractivity contribution in [2.75, 3.05) is 31.1 Å². The maximum atomic E-state index is 12.8. The maximum absolute atomic E-state index is 12.8. The molecule has 1 aromatic rings. The first-order valence-electron chi connectivity index (χ1n) is 10.6. The summed E-state index contributed by atoms with van der Waals surface area (Å²) in [5.74, 6) is 5.79. The van der Waals surface area contributed by atoms with Gasteiger partial charge < -0.3 is 15.1 Å². The van der Waals surface area contributed by atoms with Crippen LogP contribution in [0.15, 0.2) is 22.8 Å². The third-order valence-corrected chi connectivity index (χ3v) is 8.17. The number of amides is 2. The molecule has 4 bridgehead atoms. The van der Waals surface area contributed by atoms with Crippen LogP contribution in [0.5, 0.6) is 0 Å². The number of furan rings is 1. The number of hydrogen-bond donors (Lipinski definition) is 2. The summed E-state index contributed by atoms with van der Waals surface area (Å²) in [5, 5.41) is 6.61. The van der Waals surface area contributed by atoms with E-state index in [2.05, 4.69) is 15.5 Å². The Hall–Kier alpha value is -1.14. The highest BCUT2D eigenvalue weighted by Crippen LogP contribution is 2.55. The zero-order valence-corrected chi connectivity index (χ0v) is 16.8. The fourth-order valence-electron chi connectivity index (χ4n) is 6.52. The van der Waals surface area contributed by atoms with E-state index in [9.17, 15) is 4.79 Å². The van der Waals surface area contributed by atoms with Gasteiger partial charge in [-0.1, -0.05) is 0 Å². The molecule has 4 aliphatic carbocycles. The van der Waals surface area contributed by atoms with Crippen LogP contribution in [-0.4, -0.2) is 47.6 Å². The Morgan fingerprint density at radius 2 is 1.85 bits per heavy atom. The molecule has 6 heteroatoms. The van der Waals surface area contributed by atoms with E-state index in [1.807, 2.05) is 23.9 Å². The van der Waals surface area contributed by atoms with Crippen LogP contribution in [0.3, 0.4) is 0 Å². The fourth-order valence-corrected chi connectivity index (χ4v) is 7.45. The number of hydrogen-bond acceptors (Lipinski definition) is 4. The molecule has 6 rings (SSSR count). The normalized spacial score (nSPS) is 36.5. The topological polar surface area (TPSA) is 57.5 Å². The summed E-state index contributed by atoms with van der Waals surface area (Å²) in [6.07, 6.45) is 9.50. The second kappa shape index (κ2) is 7.36. The highest BCUT2D eigenvalue weighted by Gasteiger charge is 2.51. The number of rotatable bonds is 5. The molecule has 1 aliphatic heterocycles. The molecule has 0 radical (unpaired) electrons. The van der Waals surface area contributed by atoms with Gasteiger partial charge in [0, 0.05) is 36.7 Å². The van der Waals surface area contributed by atoms with Crippen LogP contribution in [0, 0.1) is 17.8 Å². The molecule has 2 N–H and O–H groups in total. The summed E-state index contributed by atoms with van der Waals surface area (Å²) in [6, 6.07) is 4.12. The first kappa shape index (κ1) is 17.9. The zero-order valence-electron chi connectivity index (χ0n) is 16.0. The van der Waals surface area contributed by atoms with E-state index in [0.29, 0.717) is 6.54 Å². The molecule has 2 amide bonds. The molecule has 0 spiro atoms. The molecular formula is C21H31N3O2S. The lowest BCUT2D eigenvalue weighted by Crippen LogP contribution is -2.61. The monoisotopic (exact) mass is 389 g/mol. The summed E-state index contributed by atoms with van der Waals surface area (Å²) in [7, 11) is 0. The van der Waals surface area contributed by atoms with Crippen molar-refractivity contribution in [2.45, 2.75) is 50.1 Å². The molecule has 5 nitrogen and oxygen atoms in total. The third-order valence-electron chi connectivity index (χ3n) is 7.23. The van der Waals surface area contributed by atoms with E-state index in [1.165, 1.54) is 38.5 Å². The minimum absolute atomic E-state index is 0.0138. The maximum Gasteiger partial charge on any atom is 0.315 e. The first-order chi connectivity index (χ1) is 13.2. The molecule has 0 aromatic carbocycles. The van der Waals surface area contributed by atoms with Gasteiger partial charge in [-0.15, -0.1) is 0 Å². The first-order valence-corrected chi connectivity index (χ1v) is 11.8. The summed E-state index contributed by atoms with van der Waals surface area (Å²) in [6.45, 7) is 2.71. The average Bonchev–Trinajstić information content (AvgIpc) is 3.15. The Labute approximate surface area is 166 Å². The Morgan fingerprint density at radius 3 is 2.44 bits per heavy atom. The number of carbonyl (C=O) groups is 1. The Kier molecular flexibility index (Phi) is 4.88. The number of thioether (sulfide) groups is 1. The predicted octanol–water partition coefficient (Wildman–Crippen LogP) is 3.64. The van der Waals surface area contributed by atoms with Crippen LogP contribution in [0.25, 0.3) is 0 Å². The van der Waals surface area contributed by atoms with E-state index in [-0.39, 0.29) is 17.6 Å². The molecule has 27 heavy (non-hydrogen) atoms. The van der Waals surface area contributed by atoms with Gasteiger partial charge in [0.1, 0.15) is 5.76 Å². The van der Waals surface area contributed by atoms with Crippen molar-refractivity contribution in [3.8, 4) is 0 Å². The second-order valence-corrected chi connectivity index (χ2v) is 10.4. The van der Waals surface area contributed by atoms with Crippen molar-refractivity contribution in [3.63, 3.8) is 0 Å². The lowest BCUT2D eigenvalue weighted by atomic mass is 9.53. The van der Waals surface area contributed by atoms with E-state index in [0.717, 1.165) is 48.1 Å². The van der Waals surface area contributed by atoms with Crippen LogP contribution in [0.1, 0.15) is 50.3 Å². The van der Waals surface area contributed by atoms with Gasteiger partial charge in [0.05, 0.1) is 12.3 Å². The van der Waals surface area contributed by atoms with Crippen LogP contribution in [-0.2, 0) is 0 Å². The average molecular weight is 390 g/mol. The number of nitrogens with zero attached hydrogens (tertiary/aromatic N) is 1. The van der Waals surface area contributed by atoms with Crippen LogP contribution >= 0.6 is 11.8 Å². The summed E-state index contributed by atoms with van der Waals surface area (Å²) in [4.78, 5) is 15.3. The van der Waals surface area contributed by atoms with E-state index in [4.69, 9.17) is 4.42 Å². The van der Waals surface area contributed by atoms with E-state index >= 15 is 0 Å². The number of nitrogens with one attached hydrogen (secondary N) is 2. The number of carbonyl (C=O) groups excluding carboxylic acids is 1.